The van der Waals surface area contributed by atoms with Gasteiger partial charge in [-0.25, -0.2) is 0 Å². The summed E-state index contributed by atoms with van der Waals surface area (Å²) >= 11 is 0. The number of carbonyl (C=O) groups excluding carboxylic acids is 1. The molecule has 1 N–H and O–H groups in total. The maximum Gasteiger partial charge on any atom is 0.248 e. The van der Waals surface area contributed by atoms with E-state index in [2.05, 4.69) is 52.7 Å². The molecule has 2 aromatic carbocycles. The molecule has 0 unspecified atom stereocenters. The number of anilines is 1. The van der Waals surface area contributed by atoms with E-state index >= 15 is 0 Å². The molecule has 0 spiro atoms. The number of nitrogens with zero attached hydrogens (tertiary/aromatic N) is 2. The third-order valence-electron chi connectivity index (χ3n) is 5.98. The number of rotatable bonds is 6. The average Bonchev–Trinajstić information content (AvgIpc) is 2.68. The second-order valence-corrected chi connectivity index (χ2v) is 7.80. The molecular formula is C23H29N3O. The lowest BCUT2D eigenvalue weighted by Crippen LogP contribution is -2.61. The predicted molar refractivity (Wildman–Crippen MR) is 110 cm³/mol. The van der Waals surface area contributed by atoms with Crippen LogP contribution in [-0.2, 0) is 11.2 Å². The molecule has 2 fully saturated rings. The van der Waals surface area contributed by atoms with Gasteiger partial charge in [0.05, 0.1) is 0 Å². The van der Waals surface area contributed by atoms with Crippen LogP contribution in [0.5, 0.6) is 0 Å². The van der Waals surface area contributed by atoms with Gasteiger partial charge in [0.15, 0.2) is 0 Å². The number of nitrogens with one attached hydrogen (secondary N) is 1. The number of benzene rings is 2. The third-order valence-corrected chi connectivity index (χ3v) is 5.98. The molecule has 0 bridgehead atoms. The minimum atomic E-state index is -0.453. The first-order chi connectivity index (χ1) is 13.3. The van der Waals surface area contributed by atoms with E-state index in [0.717, 1.165) is 64.1 Å². The van der Waals surface area contributed by atoms with E-state index in [0.29, 0.717) is 5.91 Å². The second-order valence-electron chi connectivity index (χ2n) is 7.80. The molecule has 0 aliphatic carbocycles. The highest BCUT2D eigenvalue weighted by molar-refractivity contribution is 5.90. The zero-order valence-corrected chi connectivity index (χ0v) is 15.9. The minimum Gasteiger partial charge on any atom is -0.371 e. The summed E-state index contributed by atoms with van der Waals surface area (Å²) in [7, 11) is 0. The molecule has 0 aromatic heterocycles. The van der Waals surface area contributed by atoms with Gasteiger partial charge < -0.3 is 15.1 Å². The smallest absolute Gasteiger partial charge is 0.248 e. The van der Waals surface area contributed by atoms with Gasteiger partial charge in [0.25, 0.3) is 0 Å². The summed E-state index contributed by atoms with van der Waals surface area (Å²) in [4.78, 5) is 17.8. The van der Waals surface area contributed by atoms with Crippen molar-refractivity contribution in [1.82, 2.24) is 9.80 Å². The van der Waals surface area contributed by atoms with Crippen LogP contribution in [0.2, 0.25) is 0 Å². The zero-order chi connectivity index (χ0) is 18.5. The maximum absolute atomic E-state index is 13.2. The van der Waals surface area contributed by atoms with E-state index < -0.39 is 5.54 Å². The van der Waals surface area contributed by atoms with Crippen LogP contribution in [0.25, 0.3) is 0 Å². The molecule has 1 amide bonds. The lowest BCUT2D eigenvalue weighted by Gasteiger charge is -2.46. The van der Waals surface area contributed by atoms with E-state index in [4.69, 9.17) is 0 Å². The molecule has 27 heavy (non-hydrogen) atoms. The lowest BCUT2D eigenvalue weighted by atomic mass is 9.84. The lowest BCUT2D eigenvalue weighted by molar-refractivity contribution is -0.141. The molecule has 2 heterocycles. The molecule has 0 saturated carbocycles. The van der Waals surface area contributed by atoms with Crippen LogP contribution in [0.1, 0.15) is 24.8 Å². The monoisotopic (exact) mass is 363 g/mol. The molecule has 4 rings (SSSR count). The fourth-order valence-corrected chi connectivity index (χ4v) is 4.10. The summed E-state index contributed by atoms with van der Waals surface area (Å²) in [5, 5.41) is 3.62. The molecular weight excluding hydrogens is 334 g/mol. The Balaban J connectivity index is 1.41. The summed E-state index contributed by atoms with van der Waals surface area (Å²) < 4.78 is 0. The SMILES string of the molecule is O=C(N1CCC1)C1(Nc2ccccc2)CCN(CCc2ccccc2)CC1. The predicted octanol–water partition coefficient (Wildman–Crippen LogP) is 3.41. The van der Waals surface area contributed by atoms with Gasteiger partial charge in [-0.2, -0.15) is 0 Å². The Bertz CT molecular complexity index is 735. The number of likely N-dealkylation sites (tertiary alicyclic amines) is 2. The Morgan fingerprint density at radius 1 is 0.889 bits per heavy atom. The van der Waals surface area contributed by atoms with Crippen molar-refractivity contribution < 1.29 is 4.79 Å². The van der Waals surface area contributed by atoms with E-state index in [-0.39, 0.29) is 0 Å². The van der Waals surface area contributed by atoms with Crippen molar-refractivity contribution in [3.05, 3.63) is 66.2 Å². The number of amides is 1. The largest absolute Gasteiger partial charge is 0.371 e. The fraction of sp³-hybridized carbons (Fsp3) is 0.435. The highest BCUT2D eigenvalue weighted by Gasteiger charge is 2.44. The normalized spacial score (nSPS) is 19.3. The maximum atomic E-state index is 13.2. The summed E-state index contributed by atoms with van der Waals surface area (Å²) in [6.07, 6.45) is 3.94. The van der Waals surface area contributed by atoms with Crippen molar-refractivity contribution in [1.29, 1.82) is 0 Å². The molecule has 2 saturated heterocycles. The Hall–Kier alpha value is -2.33. The number of piperidine rings is 1. The Labute approximate surface area is 162 Å². The number of carbonyl (C=O) groups is 1. The minimum absolute atomic E-state index is 0.292. The van der Waals surface area contributed by atoms with Crippen molar-refractivity contribution in [2.24, 2.45) is 0 Å². The van der Waals surface area contributed by atoms with Crippen molar-refractivity contribution in [3.63, 3.8) is 0 Å². The van der Waals surface area contributed by atoms with Crippen LogP contribution in [0.15, 0.2) is 60.7 Å². The van der Waals surface area contributed by atoms with Gasteiger partial charge in [-0.05, 0) is 43.4 Å². The molecule has 4 heteroatoms. The van der Waals surface area contributed by atoms with Gasteiger partial charge in [0.1, 0.15) is 5.54 Å². The molecule has 142 valence electrons. The average molecular weight is 364 g/mol. The first-order valence-corrected chi connectivity index (χ1v) is 10.1. The molecule has 0 atom stereocenters. The van der Waals surface area contributed by atoms with Crippen LogP contribution in [0.3, 0.4) is 0 Å². The fourth-order valence-electron chi connectivity index (χ4n) is 4.10. The second kappa shape index (κ2) is 8.13. The standard InChI is InChI=1S/C23H29N3O/c27-22(26-15-7-16-26)23(24-21-10-5-2-6-11-21)13-18-25(19-14-23)17-12-20-8-3-1-4-9-20/h1-6,8-11,24H,7,12-19H2. The van der Waals surface area contributed by atoms with Crippen LogP contribution >= 0.6 is 0 Å². The van der Waals surface area contributed by atoms with Crippen LogP contribution in [0, 0.1) is 0 Å². The van der Waals surface area contributed by atoms with Crippen molar-refractivity contribution in [3.8, 4) is 0 Å². The number of para-hydroxylation sites is 1. The first kappa shape index (κ1) is 18.1. The quantitative estimate of drug-likeness (QED) is 0.854. The van der Waals surface area contributed by atoms with Gasteiger partial charge in [-0.15, -0.1) is 0 Å². The van der Waals surface area contributed by atoms with Gasteiger partial charge in [0.2, 0.25) is 5.91 Å². The van der Waals surface area contributed by atoms with Gasteiger partial charge in [0, 0.05) is 38.4 Å². The highest BCUT2D eigenvalue weighted by Crippen LogP contribution is 2.31. The van der Waals surface area contributed by atoms with Gasteiger partial charge >= 0.3 is 0 Å². The first-order valence-electron chi connectivity index (χ1n) is 10.1. The van der Waals surface area contributed by atoms with Crippen molar-refractivity contribution in [2.75, 3.05) is 38.0 Å². The van der Waals surface area contributed by atoms with Crippen LogP contribution < -0.4 is 5.32 Å². The number of hydrogen-bond donors (Lipinski definition) is 1. The molecule has 2 aliphatic heterocycles. The Morgan fingerprint density at radius 2 is 1.52 bits per heavy atom. The van der Waals surface area contributed by atoms with E-state index in [1.807, 2.05) is 23.1 Å². The van der Waals surface area contributed by atoms with E-state index in [1.54, 1.807) is 0 Å². The number of hydrogen-bond acceptors (Lipinski definition) is 3. The summed E-state index contributed by atoms with van der Waals surface area (Å²) in [5.74, 6) is 0.292. The third kappa shape index (κ3) is 4.16. The summed E-state index contributed by atoms with van der Waals surface area (Å²) in [6, 6.07) is 20.9. The Morgan fingerprint density at radius 3 is 2.11 bits per heavy atom. The molecule has 0 radical (unpaired) electrons. The van der Waals surface area contributed by atoms with Crippen LogP contribution in [-0.4, -0.2) is 54.0 Å². The topological polar surface area (TPSA) is 35.6 Å². The highest BCUT2D eigenvalue weighted by atomic mass is 16.2. The van der Waals surface area contributed by atoms with Crippen LogP contribution in [0.4, 0.5) is 5.69 Å². The molecule has 2 aliphatic rings. The zero-order valence-electron chi connectivity index (χ0n) is 15.9. The van der Waals surface area contributed by atoms with Crippen molar-refractivity contribution in [2.45, 2.75) is 31.2 Å². The van der Waals surface area contributed by atoms with Gasteiger partial charge in [-0.1, -0.05) is 48.5 Å². The van der Waals surface area contributed by atoms with Gasteiger partial charge in [-0.3, -0.25) is 4.79 Å². The van der Waals surface area contributed by atoms with E-state index in [9.17, 15) is 4.79 Å². The molecule has 4 nitrogen and oxygen atoms in total. The molecule has 2 aromatic rings. The van der Waals surface area contributed by atoms with Crippen molar-refractivity contribution >= 4 is 11.6 Å². The summed E-state index contributed by atoms with van der Waals surface area (Å²) in [6.45, 7) is 4.81. The van der Waals surface area contributed by atoms with E-state index in [1.165, 1.54) is 5.56 Å². The Kier molecular flexibility index (Phi) is 5.44. The summed E-state index contributed by atoms with van der Waals surface area (Å²) in [5.41, 5.74) is 1.97.